The molecular weight excluding hydrogens is 224 g/mol. The highest BCUT2D eigenvalue weighted by atomic mass is 16.2. The lowest BCUT2D eigenvalue weighted by molar-refractivity contribution is -0.133. The van der Waals surface area contributed by atoms with Crippen LogP contribution in [-0.2, 0) is 11.2 Å². The number of nitrogens with zero attached hydrogens (tertiary/aromatic N) is 1. The zero-order chi connectivity index (χ0) is 13.1. The molecule has 1 heterocycles. The fraction of sp³-hybridized carbons (Fsp3) is 0.533. The Hall–Kier alpha value is -1.35. The maximum Gasteiger partial charge on any atom is 0.227 e. The molecule has 0 radical (unpaired) electrons. The molecular formula is C15H22N2O. The Morgan fingerprint density at radius 1 is 1.33 bits per heavy atom. The minimum Gasteiger partial charge on any atom is -0.337 e. The third-order valence-electron chi connectivity index (χ3n) is 3.79. The SMILES string of the molecule is CCN(C(=O)Cc1ccc(C)c(C)c1)C1CNC1. The van der Waals surface area contributed by atoms with Gasteiger partial charge in [0, 0.05) is 19.6 Å². The first-order valence-electron chi connectivity index (χ1n) is 6.68. The molecule has 0 spiro atoms. The van der Waals surface area contributed by atoms with Gasteiger partial charge in [0.25, 0.3) is 0 Å². The Bertz CT molecular complexity index is 438. The number of likely N-dealkylation sites (N-methyl/N-ethyl adjacent to an activating group) is 1. The summed E-state index contributed by atoms with van der Waals surface area (Å²) in [5.41, 5.74) is 3.66. The van der Waals surface area contributed by atoms with Crippen LogP contribution in [0.15, 0.2) is 18.2 Å². The minimum absolute atomic E-state index is 0.243. The number of hydrogen-bond acceptors (Lipinski definition) is 2. The number of nitrogens with one attached hydrogen (secondary N) is 1. The second kappa shape index (κ2) is 5.53. The monoisotopic (exact) mass is 246 g/mol. The molecule has 3 heteroatoms. The zero-order valence-electron chi connectivity index (χ0n) is 11.5. The molecule has 3 nitrogen and oxygen atoms in total. The van der Waals surface area contributed by atoms with Gasteiger partial charge in [-0.15, -0.1) is 0 Å². The average molecular weight is 246 g/mol. The predicted molar refractivity (Wildman–Crippen MR) is 73.7 cm³/mol. The summed E-state index contributed by atoms with van der Waals surface area (Å²) in [6.45, 7) is 8.92. The second-order valence-electron chi connectivity index (χ2n) is 5.09. The molecule has 0 unspecified atom stereocenters. The summed E-state index contributed by atoms with van der Waals surface area (Å²) in [7, 11) is 0. The van der Waals surface area contributed by atoms with Crippen molar-refractivity contribution < 1.29 is 4.79 Å². The molecule has 0 saturated carbocycles. The second-order valence-corrected chi connectivity index (χ2v) is 5.09. The molecule has 2 rings (SSSR count). The molecule has 1 amide bonds. The van der Waals surface area contributed by atoms with Crippen LogP contribution in [0.3, 0.4) is 0 Å². The average Bonchev–Trinajstić information content (AvgIpc) is 2.28. The first-order valence-corrected chi connectivity index (χ1v) is 6.68. The maximum absolute atomic E-state index is 12.3. The van der Waals surface area contributed by atoms with Crippen LogP contribution >= 0.6 is 0 Å². The summed E-state index contributed by atoms with van der Waals surface area (Å²) in [6, 6.07) is 6.68. The largest absolute Gasteiger partial charge is 0.337 e. The number of aryl methyl sites for hydroxylation is 2. The van der Waals surface area contributed by atoms with Crippen LogP contribution in [-0.4, -0.2) is 36.5 Å². The number of benzene rings is 1. The van der Waals surface area contributed by atoms with Crippen LogP contribution in [0.25, 0.3) is 0 Å². The summed E-state index contributed by atoms with van der Waals surface area (Å²) in [5, 5.41) is 3.22. The normalized spacial score (nSPS) is 15.3. The zero-order valence-corrected chi connectivity index (χ0v) is 11.5. The van der Waals surface area contributed by atoms with E-state index in [1.807, 2.05) is 4.90 Å². The van der Waals surface area contributed by atoms with Gasteiger partial charge in [-0.3, -0.25) is 4.79 Å². The van der Waals surface area contributed by atoms with E-state index in [1.54, 1.807) is 0 Å². The fourth-order valence-electron chi connectivity index (χ4n) is 2.32. The highest BCUT2D eigenvalue weighted by molar-refractivity contribution is 5.79. The Kier molecular flexibility index (Phi) is 4.02. The lowest BCUT2D eigenvalue weighted by Crippen LogP contribution is -2.59. The van der Waals surface area contributed by atoms with Crippen LogP contribution in [0.2, 0.25) is 0 Å². The van der Waals surface area contributed by atoms with Crippen LogP contribution in [0, 0.1) is 13.8 Å². The summed E-state index contributed by atoms with van der Waals surface area (Å²) < 4.78 is 0. The van der Waals surface area contributed by atoms with Gasteiger partial charge in [0.2, 0.25) is 5.91 Å². The van der Waals surface area contributed by atoms with Gasteiger partial charge in [-0.25, -0.2) is 0 Å². The third-order valence-corrected chi connectivity index (χ3v) is 3.79. The Balaban J connectivity index is 2.02. The first-order chi connectivity index (χ1) is 8.61. The number of carbonyl (C=O) groups excluding carboxylic acids is 1. The molecule has 1 aromatic carbocycles. The van der Waals surface area contributed by atoms with Crippen molar-refractivity contribution in [2.45, 2.75) is 33.2 Å². The Morgan fingerprint density at radius 3 is 2.56 bits per heavy atom. The van der Waals surface area contributed by atoms with Crippen LogP contribution in [0.4, 0.5) is 0 Å². The van der Waals surface area contributed by atoms with Crippen molar-refractivity contribution in [3.8, 4) is 0 Å². The van der Waals surface area contributed by atoms with E-state index < -0.39 is 0 Å². The van der Waals surface area contributed by atoms with E-state index in [1.165, 1.54) is 11.1 Å². The molecule has 1 aliphatic rings. The van der Waals surface area contributed by atoms with E-state index in [9.17, 15) is 4.79 Å². The molecule has 98 valence electrons. The summed E-state index contributed by atoms with van der Waals surface area (Å²) >= 11 is 0. The topological polar surface area (TPSA) is 32.3 Å². The van der Waals surface area contributed by atoms with Crippen molar-refractivity contribution in [1.29, 1.82) is 0 Å². The molecule has 0 atom stereocenters. The van der Waals surface area contributed by atoms with E-state index >= 15 is 0 Å². The molecule has 18 heavy (non-hydrogen) atoms. The minimum atomic E-state index is 0.243. The fourth-order valence-corrected chi connectivity index (χ4v) is 2.32. The van der Waals surface area contributed by atoms with Crippen molar-refractivity contribution >= 4 is 5.91 Å². The van der Waals surface area contributed by atoms with Crippen LogP contribution in [0.5, 0.6) is 0 Å². The van der Waals surface area contributed by atoms with Gasteiger partial charge in [0.15, 0.2) is 0 Å². The molecule has 1 aliphatic heterocycles. The molecule has 0 bridgehead atoms. The van der Waals surface area contributed by atoms with Crippen molar-refractivity contribution in [2.75, 3.05) is 19.6 Å². The van der Waals surface area contributed by atoms with E-state index in [0.29, 0.717) is 12.5 Å². The molecule has 1 saturated heterocycles. The van der Waals surface area contributed by atoms with Crippen LogP contribution < -0.4 is 5.32 Å². The third kappa shape index (κ3) is 2.72. The smallest absolute Gasteiger partial charge is 0.227 e. The molecule has 1 N–H and O–H groups in total. The molecule has 1 fully saturated rings. The van der Waals surface area contributed by atoms with Gasteiger partial charge < -0.3 is 10.2 Å². The highest BCUT2D eigenvalue weighted by Gasteiger charge is 2.26. The van der Waals surface area contributed by atoms with Gasteiger partial charge in [-0.05, 0) is 37.5 Å². The Labute approximate surface area is 109 Å². The van der Waals surface area contributed by atoms with E-state index in [0.717, 1.165) is 25.2 Å². The van der Waals surface area contributed by atoms with Gasteiger partial charge in [0.1, 0.15) is 0 Å². The molecule has 0 aliphatic carbocycles. The quantitative estimate of drug-likeness (QED) is 0.876. The van der Waals surface area contributed by atoms with Gasteiger partial charge in [-0.2, -0.15) is 0 Å². The van der Waals surface area contributed by atoms with Crippen LogP contribution in [0.1, 0.15) is 23.6 Å². The lowest BCUT2D eigenvalue weighted by Gasteiger charge is -2.37. The first kappa shape index (κ1) is 13.1. The number of amides is 1. The van der Waals surface area contributed by atoms with Gasteiger partial charge in [0.05, 0.1) is 12.5 Å². The highest BCUT2D eigenvalue weighted by Crippen LogP contribution is 2.13. The summed E-state index contributed by atoms with van der Waals surface area (Å²) in [6.07, 6.45) is 0.519. The van der Waals surface area contributed by atoms with Crippen molar-refractivity contribution in [1.82, 2.24) is 10.2 Å². The van der Waals surface area contributed by atoms with E-state index in [4.69, 9.17) is 0 Å². The number of carbonyl (C=O) groups is 1. The maximum atomic E-state index is 12.3. The lowest BCUT2D eigenvalue weighted by atomic mass is 10.0. The Morgan fingerprint density at radius 2 is 2.06 bits per heavy atom. The number of rotatable bonds is 4. The van der Waals surface area contributed by atoms with Crippen molar-refractivity contribution in [3.63, 3.8) is 0 Å². The van der Waals surface area contributed by atoms with Gasteiger partial charge >= 0.3 is 0 Å². The predicted octanol–water partition coefficient (Wildman–Crippen LogP) is 1.67. The van der Waals surface area contributed by atoms with Crippen molar-refractivity contribution in [2.24, 2.45) is 0 Å². The van der Waals surface area contributed by atoms with E-state index in [-0.39, 0.29) is 5.91 Å². The van der Waals surface area contributed by atoms with Crippen molar-refractivity contribution in [3.05, 3.63) is 34.9 Å². The van der Waals surface area contributed by atoms with E-state index in [2.05, 4.69) is 44.3 Å². The standard InChI is InChI=1S/C15H22N2O/c1-4-17(14-9-16-10-14)15(18)8-13-6-5-11(2)12(3)7-13/h5-7,14,16H,4,8-10H2,1-3H3. The van der Waals surface area contributed by atoms with Gasteiger partial charge in [-0.1, -0.05) is 18.2 Å². The summed E-state index contributed by atoms with van der Waals surface area (Å²) in [4.78, 5) is 14.3. The molecule has 0 aromatic heterocycles. The number of hydrogen-bond donors (Lipinski definition) is 1. The molecule has 1 aromatic rings. The summed E-state index contributed by atoms with van der Waals surface area (Å²) in [5.74, 6) is 0.243.